The lowest BCUT2D eigenvalue weighted by Crippen LogP contribution is -2.04. The molecular weight excluding hydrogens is 250 g/mol. The van der Waals surface area contributed by atoms with Crippen LogP contribution >= 0.6 is 11.6 Å². The molecule has 0 aliphatic heterocycles. The van der Waals surface area contributed by atoms with Gasteiger partial charge in [-0.1, -0.05) is 23.7 Å². The van der Waals surface area contributed by atoms with Crippen LogP contribution in [0.3, 0.4) is 0 Å². The molecule has 0 radical (unpaired) electrons. The van der Waals surface area contributed by atoms with Gasteiger partial charge in [0.15, 0.2) is 0 Å². The highest BCUT2D eigenvalue weighted by Crippen LogP contribution is 2.30. The van der Waals surface area contributed by atoms with Crippen LogP contribution in [0.15, 0.2) is 42.5 Å². The van der Waals surface area contributed by atoms with E-state index >= 15 is 0 Å². The van der Waals surface area contributed by atoms with Gasteiger partial charge in [0, 0.05) is 16.3 Å². The van der Waals surface area contributed by atoms with Crippen LogP contribution < -0.4 is 10.5 Å². The first-order chi connectivity index (χ1) is 8.61. The SMILES string of the molecule is COc1cccc([C@@H](O)c2cc(Cl)ccc2N)c1. The number of aliphatic hydroxyl groups excluding tert-OH is 1. The zero-order valence-electron chi connectivity index (χ0n) is 9.93. The third-order valence-electron chi connectivity index (χ3n) is 2.75. The smallest absolute Gasteiger partial charge is 0.119 e. The number of ether oxygens (including phenoxy) is 1. The molecule has 0 aromatic heterocycles. The second-order valence-electron chi connectivity index (χ2n) is 3.95. The Hall–Kier alpha value is -1.71. The molecule has 0 heterocycles. The van der Waals surface area contributed by atoms with Crippen molar-refractivity contribution in [2.75, 3.05) is 12.8 Å². The van der Waals surface area contributed by atoms with Crippen molar-refractivity contribution in [1.82, 2.24) is 0 Å². The Balaban J connectivity index is 2.40. The van der Waals surface area contributed by atoms with Crippen LogP contribution in [-0.2, 0) is 0 Å². The van der Waals surface area contributed by atoms with Crippen molar-refractivity contribution in [1.29, 1.82) is 0 Å². The summed E-state index contributed by atoms with van der Waals surface area (Å²) in [5.74, 6) is 0.687. The minimum absolute atomic E-state index is 0.509. The van der Waals surface area contributed by atoms with Gasteiger partial charge < -0.3 is 15.6 Å². The topological polar surface area (TPSA) is 55.5 Å². The Labute approximate surface area is 111 Å². The predicted octanol–water partition coefficient (Wildman–Crippen LogP) is 3.01. The number of anilines is 1. The molecule has 0 fully saturated rings. The molecular formula is C14H14ClNO2. The van der Waals surface area contributed by atoms with Gasteiger partial charge >= 0.3 is 0 Å². The highest BCUT2D eigenvalue weighted by atomic mass is 35.5. The molecule has 0 aliphatic rings. The van der Waals surface area contributed by atoms with E-state index in [1.54, 1.807) is 31.4 Å². The van der Waals surface area contributed by atoms with E-state index in [4.69, 9.17) is 22.1 Å². The predicted molar refractivity (Wildman–Crippen MR) is 72.9 cm³/mol. The molecule has 3 N–H and O–H groups in total. The molecule has 0 bridgehead atoms. The average molecular weight is 264 g/mol. The summed E-state index contributed by atoms with van der Waals surface area (Å²) >= 11 is 5.92. The van der Waals surface area contributed by atoms with Crippen LogP contribution in [0.1, 0.15) is 17.2 Å². The van der Waals surface area contributed by atoms with Gasteiger partial charge in [-0.15, -0.1) is 0 Å². The summed E-state index contributed by atoms with van der Waals surface area (Å²) in [5, 5.41) is 10.9. The molecule has 18 heavy (non-hydrogen) atoms. The second kappa shape index (κ2) is 5.29. The molecule has 1 atom stereocenters. The lowest BCUT2D eigenvalue weighted by Gasteiger charge is -2.15. The van der Waals surface area contributed by atoms with Crippen molar-refractivity contribution in [2.45, 2.75) is 6.10 Å². The number of halogens is 1. The highest BCUT2D eigenvalue weighted by Gasteiger charge is 2.14. The number of nitrogen functional groups attached to an aromatic ring is 1. The monoisotopic (exact) mass is 263 g/mol. The lowest BCUT2D eigenvalue weighted by atomic mass is 10.00. The fourth-order valence-electron chi connectivity index (χ4n) is 1.77. The minimum atomic E-state index is -0.821. The van der Waals surface area contributed by atoms with E-state index < -0.39 is 6.10 Å². The van der Waals surface area contributed by atoms with Gasteiger partial charge in [-0.2, -0.15) is 0 Å². The van der Waals surface area contributed by atoms with Gasteiger partial charge in [-0.25, -0.2) is 0 Å². The maximum Gasteiger partial charge on any atom is 0.119 e. The van der Waals surface area contributed by atoms with E-state index in [0.29, 0.717) is 27.6 Å². The molecule has 0 spiro atoms. The molecule has 2 aromatic carbocycles. The van der Waals surface area contributed by atoms with Crippen LogP contribution in [0.2, 0.25) is 5.02 Å². The quantitative estimate of drug-likeness (QED) is 0.837. The molecule has 0 amide bonds. The summed E-state index contributed by atoms with van der Waals surface area (Å²) in [5.41, 5.74) is 7.66. The van der Waals surface area contributed by atoms with Crippen molar-refractivity contribution in [2.24, 2.45) is 0 Å². The molecule has 0 saturated heterocycles. The fourth-order valence-corrected chi connectivity index (χ4v) is 1.95. The van der Waals surface area contributed by atoms with Gasteiger partial charge in [-0.3, -0.25) is 0 Å². The molecule has 0 saturated carbocycles. The van der Waals surface area contributed by atoms with Crippen molar-refractivity contribution >= 4 is 17.3 Å². The van der Waals surface area contributed by atoms with E-state index in [-0.39, 0.29) is 0 Å². The standard InChI is InChI=1S/C14H14ClNO2/c1-18-11-4-2-3-9(7-11)14(17)12-8-10(15)5-6-13(12)16/h2-8,14,17H,16H2,1H3/t14-/m1/s1. The zero-order valence-corrected chi connectivity index (χ0v) is 10.7. The maximum absolute atomic E-state index is 10.3. The summed E-state index contributed by atoms with van der Waals surface area (Å²) < 4.78 is 5.13. The molecule has 2 aromatic rings. The van der Waals surface area contributed by atoms with Gasteiger partial charge in [-0.05, 0) is 35.9 Å². The summed E-state index contributed by atoms with van der Waals surface area (Å²) in [6.07, 6.45) is -0.821. The minimum Gasteiger partial charge on any atom is -0.497 e. The first kappa shape index (κ1) is 12.7. The number of hydrogen-bond donors (Lipinski definition) is 2. The Morgan fingerprint density at radius 2 is 2.00 bits per heavy atom. The van der Waals surface area contributed by atoms with Crippen molar-refractivity contribution < 1.29 is 9.84 Å². The van der Waals surface area contributed by atoms with E-state index in [9.17, 15) is 5.11 Å². The summed E-state index contributed by atoms with van der Waals surface area (Å²) in [6, 6.07) is 12.3. The highest BCUT2D eigenvalue weighted by molar-refractivity contribution is 6.30. The number of methoxy groups -OCH3 is 1. The van der Waals surface area contributed by atoms with Gasteiger partial charge in [0.25, 0.3) is 0 Å². The van der Waals surface area contributed by atoms with E-state index in [1.165, 1.54) is 0 Å². The van der Waals surface area contributed by atoms with Crippen molar-refractivity contribution in [3.63, 3.8) is 0 Å². The van der Waals surface area contributed by atoms with Crippen LogP contribution in [-0.4, -0.2) is 12.2 Å². The summed E-state index contributed by atoms with van der Waals surface area (Å²) in [7, 11) is 1.58. The van der Waals surface area contributed by atoms with Crippen LogP contribution in [0, 0.1) is 0 Å². The van der Waals surface area contributed by atoms with Crippen LogP contribution in [0.5, 0.6) is 5.75 Å². The molecule has 0 unspecified atom stereocenters. The summed E-state index contributed by atoms with van der Waals surface area (Å²) in [6.45, 7) is 0. The number of nitrogens with two attached hydrogens (primary N) is 1. The zero-order chi connectivity index (χ0) is 13.1. The summed E-state index contributed by atoms with van der Waals surface area (Å²) in [4.78, 5) is 0. The largest absolute Gasteiger partial charge is 0.497 e. The van der Waals surface area contributed by atoms with Gasteiger partial charge in [0.2, 0.25) is 0 Å². The van der Waals surface area contributed by atoms with E-state index in [2.05, 4.69) is 0 Å². The molecule has 2 rings (SSSR count). The van der Waals surface area contributed by atoms with E-state index in [1.807, 2.05) is 18.2 Å². The maximum atomic E-state index is 10.3. The molecule has 0 aliphatic carbocycles. The second-order valence-corrected chi connectivity index (χ2v) is 4.39. The molecule has 3 nitrogen and oxygen atoms in total. The van der Waals surface area contributed by atoms with Crippen molar-refractivity contribution in [3.05, 3.63) is 58.6 Å². The van der Waals surface area contributed by atoms with Gasteiger partial charge in [0.05, 0.1) is 7.11 Å². The normalized spacial score (nSPS) is 12.2. The number of rotatable bonds is 3. The molecule has 4 heteroatoms. The Kier molecular flexibility index (Phi) is 3.75. The van der Waals surface area contributed by atoms with Crippen LogP contribution in [0.4, 0.5) is 5.69 Å². The van der Waals surface area contributed by atoms with Crippen molar-refractivity contribution in [3.8, 4) is 5.75 Å². The number of benzene rings is 2. The lowest BCUT2D eigenvalue weighted by molar-refractivity contribution is 0.220. The molecule has 94 valence electrons. The first-order valence-electron chi connectivity index (χ1n) is 5.48. The number of hydrogen-bond acceptors (Lipinski definition) is 3. The first-order valence-corrected chi connectivity index (χ1v) is 5.86. The average Bonchev–Trinajstić information content (AvgIpc) is 2.41. The third kappa shape index (κ3) is 2.58. The Morgan fingerprint density at radius 3 is 2.72 bits per heavy atom. The third-order valence-corrected chi connectivity index (χ3v) is 2.99. The van der Waals surface area contributed by atoms with Crippen LogP contribution in [0.25, 0.3) is 0 Å². The fraction of sp³-hybridized carbons (Fsp3) is 0.143. The number of aliphatic hydroxyl groups is 1. The van der Waals surface area contributed by atoms with Gasteiger partial charge in [0.1, 0.15) is 11.9 Å². The Bertz CT molecular complexity index is 557. The Morgan fingerprint density at radius 1 is 1.22 bits per heavy atom. The van der Waals surface area contributed by atoms with E-state index in [0.717, 1.165) is 0 Å².